The number of hydrogen-bond acceptors (Lipinski definition) is 6. The third-order valence-electron chi connectivity index (χ3n) is 4.06. The van der Waals surface area contributed by atoms with Crippen molar-refractivity contribution in [2.75, 3.05) is 0 Å². The van der Waals surface area contributed by atoms with Crippen molar-refractivity contribution >= 4 is 11.9 Å². The Morgan fingerprint density at radius 1 is 0.935 bits per heavy atom. The lowest BCUT2D eigenvalue weighted by Gasteiger charge is -2.08. The molecule has 0 aliphatic carbocycles. The maximum absolute atomic E-state index is 11.9. The van der Waals surface area contributed by atoms with Crippen molar-refractivity contribution in [3.8, 4) is 34.1 Å². The van der Waals surface area contributed by atoms with Crippen molar-refractivity contribution in [3.05, 3.63) is 98.0 Å². The van der Waals surface area contributed by atoms with Crippen molar-refractivity contribution in [3.63, 3.8) is 0 Å². The normalized spacial score (nSPS) is 10.5. The number of carbonyl (C=O) groups excluding carboxylic acids is 2. The summed E-state index contributed by atoms with van der Waals surface area (Å²) >= 11 is 0. The maximum Gasteiger partial charge on any atom is 0.338 e. The van der Waals surface area contributed by atoms with E-state index >= 15 is 0 Å². The summed E-state index contributed by atoms with van der Waals surface area (Å²) in [6.07, 6.45) is 3.44. The summed E-state index contributed by atoms with van der Waals surface area (Å²) in [5.41, 5.74) is 1.80. The number of ether oxygens (including phenoxy) is 3. The van der Waals surface area contributed by atoms with E-state index < -0.39 is 11.9 Å². The molecular weight excluding hydrogens is 396 g/mol. The molecule has 3 aromatic rings. The molecule has 2 aromatic carbocycles. The molecule has 0 bridgehead atoms. The molecule has 0 amide bonds. The molecule has 6 nitrogen and oxygen atoms in total. The highest BCUT2D eigenvalue weighted by molar-refractivity contribution is 5.90. The van der Waals surface area contributed by atoms with Crippen LogP contribution < -0.4 is 9.47 Å². The number of para-hydroxylation sites is 1. The highest BCUT2D eigenvalue weighted by Crippen LogP contribution is 2.34. The van der Waals surface area contributed by atoms with Gasteiger partial charge in [0.1, 0.15) is 35.5 Å². The minimum absolute atomic E-state index is 0.311. The Balaban J connectivity index is 1.73. The van der Waals surface area contributed by atoms with Gasteiger partial charge in [0.15, 0.2) is 0 Å². The monoisotopic (exact) mass is 416 g/mol. The smallest absolute Gasteiger partial charge is 0.338 e. The molecule has 0 aliphatic heterocycles. The molecule has 0 saturated carbocycles. The molecule has 0 atom stereocenters. The van der Waals surface area contributed by atoms with Crippen LogP contribution in [0.4, 0.5) is 0 Å². The minimum atomic E-state index is -0.570. The van der Waals surface area contributed by atoms with E-state index in [1.807, 2.05) is 36.4 Å². The van der Waals surface area contributed by atoms with E-state index in [2.05, 4.69) is 17.9 Å². The van der Waals surface area contributed by atoms with E-state index in [9.17, 15) is 9.59 Å². The number of carbonyl (C=O) groups is 2. The van der Waals surface area contributed by atoms with E-state index in [1.165, 1.54) is 6.26 Å². The van der Waals surface area contributed by atoms with Crippen LogP contribution in [0.3, 0.4) is 0 Å². The van der Waals surface area contributed by atoms with Crippen LogP contribution in [0.1, 0.15) is 6.92 Å². The molecule has 1 aromatic heterocycles. The average molecular weight is 416 g/mol. The van der Waals surface area contributed by atoms with Crippen LogP contribution in [-0.2, 0) is 14.3 Å². The van der Waals surface area contributed by atoms with Gasteiger partial charge in [-0.25, -0.2) is 9.59 Å². The fourth-order valence-corrected chi connectivity index (χ4v) is 2.53. The van der Waals surface area contributed by atoms with Gasteiger partial charge in [0, 0.05) is 17.2 Å². The predicted octanol–water partition coefficient (Wildman–Crippen LogP) is 5.67. The summed E-state index contributed by atoms with van der Waals surface area (Å²) in [6.45, 7) is 8.49. The number of hydrogen-bond donors (Lipinski definition) is 0. The third kappa shape index (κ3) is 5.61. The first-order chi connectivity index (χ1) is 15.0. The number of benzene rings is 2. The first-order valence-electron chi connectivity index (χ1n) is 9.30. The van der Waals surface area contributed by atoms with Crippen LogP contribution in [0.5, 0.6) is 11.5 Å². The molecule has 6 heteroatoms. The summed E-state index contributed by atoms with van der Waals surface area (Å²) in [7, 11) is 0. The van der Waals surface area contributed by atoms with Gasteiger partial charge in [0.2, 0.25) is 0 Å². The molecule has 156 valence electrons. The minimum Gasteiger partial charge on any atom is -0.462 e. The quantitative estimate of drug-likeness (QED) is 0.204. The maximum atomic E-state index is 11.9. The van der Waals surface area contributed by atoms with Crippen LogP contribution in [0, 0.1) is 0 Å². The molecule has 0 N–H and O–H groups in total. The van der Waals surface area contributed by atoms with Gasteiger partial charge in [0.05, 0.1) is 5.56 Å². The lowest BCUT2D eigenvalue weighted by atomic mass is 10.1. The second-order valence-corrected chi connectivity index (χ2v) is 6.39. The fraction of sp³-hybridized carbons (Fsp3) is 0.0400. The molecule has 0 unspecified atom stereocenters. The Kier molecular flexibility index (Phi) is 6.85. The van der Waals surface area contributed by atoms with Crippen molar-refractivity contribution in [1.82, 2.24) is 0 Å². The van der Waals surface area contributed by atoms with Gasteiger partial charge in [-0.15, -0.1) is 0 Å². The fourth-order valence-electron chi connectivity index (χ4n) is 2.53. The van der Waals surface area contributed by atoms with Gasteiger partial charge in [-0.2, -0.15) is 0 Å². The zero-order valence-electron chi connectivity index (χ0n) is 16.9. The number of furan rings is 1. The Morgan fingerprint density at radius 3 is 2.35 bits per heavy atom. The topological polar surface area (TPSA) is 75.0 Å². The van der Waals surface area contributed by atoms with E-state index in [4.69, 9.17) is 13.9 Å². The zero-order chi connectivity index (χ0) is 22.2. The largest absolute Gasteiger partial charge is 0.462 e. The number of esters is 2. The first-order valence-corrected chi connectivity index (χ1v) is 9.30. The Hall–Kier alpha value is -4.32. The van der Waals surface area contributed by atoms with Crippen LogP contribution in [0.2, 0.25) is 0 Å². The van der Waals surface area contributed by atoms with E-state index in [1.54, 1.807) is 31.2 Å². The molecule has 0 radical (unpaired) electrons. The third-order valence-corrected chi connectivity index (χ3v) is 4.06. The van der Waals surface area contributed by atoms with Crippen molar-refractivity contribution in [2.45, 2.75) is 6.92 Å². The predicted molar refractivity (Wildman–Crippen MR) is 116 cm³/mol. The number of rotatable bonds is 8. The highest BCUT2D eigenvalue weighted by Gasteiger charge is 2.14. The Labute approximate surface area is 179 Å². The summed E-state index contributed by atoms with van der Waals surface area (Å²) in [6, 6.07) is 17.9. The van der Waals surface area contributed by atoms with Crippen molar-refractivity contribution < 1.29 is 28.2 Å². The molecular formula is C25H20O6. The van der Waals surface area contributed by atoms with E-state index in [0.29, 0.717) is 34.2 Å². The van der Waals surface area contributed by atoms with Gasteiger partial charge in [-0.05, 0) is 55.5 Å². The first kappa shape index (κ1) is 21.4. The van der Waals surface area contributed by atoms with Crippen LogP contribution >= 0.6 is 0 Å². The van der Waals surface area contributed by atoms with Gasteiger partial charge in [0.25, 0.3) is 0 Å². The van der Waals surface area contributed by atoms with Gasteiger partial charge >= 0.3 is 11.9 Å². The lowest BCUT2D eigenvalue weighted by molar-refractivity contribution is -0.132. The second-order valence-electron chi connectivity index (χ2n) is 6.39. The lowest BCUT2D eigenvalue weighted by Crippen LogP contribution is -2.08. The Morgan fingerprint density at radius 2 is 1.65 bits per heavy atom. The van der Waals surface area contributed by atoms with Crippen LogP contribution in [0.15, 0.2) is 102 Å². The summed E-state index contributed by atoms with van der Waals surface area (Å²) in [5, 5.41) is 0. The van der Waals surface area contributed by atoms with Crippen LogP contribution in [0.25, 0.3) is 22.6 Å². The van der Waals surface area contributed by atoms with Crippen LogP contribution in [-0.4, -0.2) is 11.9 Å². The molecule has 0 fully saturated rings. The van der Waals surface area contributed by atoms with Gasteiger partial charge in [-0.3, -0.25) is 0 Å². The van der Waals surface area contributed by atoms with Gasteiger partial charge < -0.3 is 18.6 Å². The summed E-state index contributed by atoms with van der Waals surface area (Å²) < 4.78 is 21.4. The van der Waals surface area contributed by atoms with E-state index in [-0.39, 0.29) is 0 Å². The molecule has 31 heavy (non-hydrogen) atoms. The molecule has 3 rings (SSSR count). The Bertz CT molecular complexity index is 1130. The van der Waals surface area contributed by atoms with Crippen molar-refractivity contribution in [1.29, 1.82) is 0 Å². The highest BCUT2D eigenvalue weighted by atomic mass is 16.5. The summed E-state index contributed by atoms with van der Waals surface area (Å²) in [5.74, 6) is 1.08. The van der Waals surface area contributed by atoms with Gasteiger partial charge in [-0.1, -0.05) is 25.3 Å². The SMILES string of the molecule is C=CC(=O)O/C=C\Oc1ccc(-c2ccc(-c3ccccc3OC(=O)C(=C)C)o2)cc1. The molecule has 0 aliphatic rings. The standard InChI is InChI=1S/C25H20O6/c1-4-24(26)29-16-15-28-19-11-9-18(10-12-19)21-13-14-23(30-21)20-7-5-6-8-22(20)31-25(27)17(2)3/h4-16H,1-2H2,3H3/b16-15-. The second kappa shape index (κ2) is 9.93. The summed E-state index contributed by atoms with van der Waals surface area (Å²) in [4.78, 5) is 22.8. The van der Waals surface area contributed by atoms with Crippen molar-refractivity contribution in [2.24, 2.45) is 0 Å². The molecule has 1 heterocycles. The molecule has 0 saturated heterocycles. The van der Waals surface area contributed by atoms with E-state index in [0.717, 1.165) is 17.9 Å². The zero-order valence-corrected chi connectivity index (χ0v) is 16.9. The average Bonchev–Trinajstić information content (AvgIpc) is 3.27. The molecule has 0 spiro atoms.